The summed E-state index contributed by atoms with van der Waals surface area (Å²) in [5, 5.41) is 12.7. The lowest BCUT2D eigenvalue weighted by atomic mass is 10.1. The fourth-order valence-corrected chi connectivity index (χ4v) is 1.56. The van der Waals surface area contributed by atoms with Crippen LogP contribution in [-0.4, -0.2) is 37.0 Å². The number of ether oxygens (including phenoxy) is 1. The second-order valence-electron chi connectivity index (χ2n) is 4.62. The number of hydrogen-bond acceptors (Lipinski definition) is 3. The molecular weight excluding hydrogens is 233 g/mol. The quantitative estimate of drug-likeness (QED) is 0.695. The van der Waals surface area contributed by atoms with Gasteiger partial charge in [0.1, 0.15) is 5.82 Å². The average Bonchev–Trinajstić information content (AvgIpc) is 2.32. The SMILES string of the molecule is CC(C)OCC(O)CNCCc1cccc(F)c1. The smallest absolute Gasteiger partial charge is 0.123 e. The van der Waals surface area contributed by atoms with Crippen molar-refractivity contribution in [3.8, 4) is 0 Å². The van der Waals surface area contributed by atoms with Gasteiger partial charge in [-0.25, -0.2) is 4.39 Å². The van der Waals surface area contributed by atoms with E-state index in [0.717, 1.165) is 12.0 Å². The van der Waals surface area contributed by atoms with E-state index in [1.165, 1.54) is 12.1 Å². The van der Waals surface area contributed by atoms with Crippen LogP contribution >= 0.6 is 0 Å². The molecule has 0 radical (unpaired) electrons. The summed E-state index contributed by atoms with van der Waals surface area (Å²) in [5.74, 6) is -0.210. The van der Waals surface area contributed by atoms with Crippen molar-refractivity contribution in [2.45, 2.75) is 32.5 Å². The predicted molar refractivity (Wildman–Crippen MR) is 70.1 cm³/mol. The van der Waals surface area contributed by atoms with Crippen molar-refractivity contribution in [2.24, 2.45) is 0 Å². The van der Waals surface area contributed by atoms with E-state index in [4.69, 9.17) is 4.74 Å². The Balaban J connectivity index is 2.11. The van der Waals surface area contributed by atoms with Crippen LogP contribution in [0.5, 0.6) is 0 Å². The Morgan fingerprint density at radius 3 is 2.83 bits per heavy atom. The van der Waals surface area contributed by atoms with Gasteiger partial charge in [0, 0.05) is 6.54 Å². The summed E-state index contributed by atoms with van der Waals surface area (Å²) in [7, 11) is 0. The van der Waals surface area contributed by atoms with E-state index >= 15 is 0 Å². The standard InChI is InChI=1S/C14H22FNO2/c1-11(2)18-10-14(17)9-16-7-6-12-4-3-5-13(15)8-12/h3-5,8,11,14,16-17H,6-7,9-10H2,1-2H3. The molecule has 102 valence electrons. The molecule has 0 aliphatic rings. The molecule has 1 rings (SSSR count). The molecule has 3 nitrogen and oxygen atoms in total. The predicted octanol–water partition coefficient (Wildman–Crippen LogP) is 1.74. The van der Waals surface area contributed by atoms with Crippen molar-refractivity contribution in [3.63, 3.8) is 0 Å². The number of rotatable bonds is 8. The Labute approximate surface area is 108 Å². The molecule has 0 amide bonds. The second-order valence-corrected chi connectivity index (χ2v) is 4.62. The summed E-state index contributed by atoms with van der Waals surface area (Å²) in [5.41, 5.74) is 0.954. The van der Waals surface area contributed by atoms with Crippen molar-refractivity contribution in [1.29, 1.82) is 0 Å². The summed E-state index contributed by atoms with van der Waals surface area (Å²) in [6, 6.07) is 6.56. The third-order valence-corrected chi connectivity index (χ3v) is 2.48. The highest BCUT2D eigenvalue weighted by Crippen LogP contribution is 2.03. The molecule has 0 aromatic heterocycles. The molecule has 1 unspecified atom stereocenters. The maximum absolute atomic E-state index is 12.9. The Morgan fingerprint density at radius 1 is 1.39 bits per heavy atom. The van der Waals surface area contributed by atoms with Gasteiger partial charge in [0.15, 0.2) is 0 Å². The third kappa shape index (κ3) is 6.69. The zero-order valence-corrected chi connectivity index (χ0v) is 11.0. The molecule has 1 aromatic rings. The topological polar surface area (TPSA) is 41.5 Å². The van der Waals surface area contributed by atoms with Gasteiger partial charge in [0.2, 0.25) is 0 Å². The fraction of sp³-hybridized carbons (Fsp3) is 0.571. The van der Waals surface area contributed by atoms with Crippen LogP contribution in [0.1, 0.15) is 19.4 Å². The van der Waals surface area contributed by atoms with Gasteiger partial charge in [-0.05, 0) is 44.5 Å². The molecular formula is C14H22FNO2. The molecule has 18 heavy (non-hydrogen) atoms. The molecule has 2 N–H and O–H groups in total. The van der Waals surface area contributed by atoms with Crippen LogP contribution in [0.3, 0.4) is 0 Å². The Bertz CT molecular complexity index is 344. The van der Waals surface area contributed by atoms with Crippen molar-refractivity contribution in [1.82, 2.24) is 5.32 Å². The summed E-state index contributed by atoms with van der Waals surface area (Å²) in [6.07, 6.45) is 0.377. The van der Waals surface area contributed by atoms with E-state index in [1.807, 2.05) is 19.9 Å². The molecule has 0 fully saturated rings. The molecule has 1 aromatic carbocycles. The zero-order valence-electron chi connectivity index (χ0n) is 11.0. The number of aliphatic hydroxyl groups excluding tert-OH is 1. The van der Waals surface area contributed by atoms with Crippen LogP contribution in [0, 0.1) is 5.82 Å². The first-order valence-corrected chi connectivity index (χ1v) is 6.32. The highest BCUT2D eigenvalue weighted by Gasteiger charge is 2.04. The highest BCUT2D eigenvalue weighted by atomic mass is 19.1. The molecule has 0 aliphatic heterocycles. The lowest BCUT2D eigenvalue weighted by Crippen LogP contribution is -2.32. The van der Waals surface area contributed by atoms with Crippen LogP contribution in [0.15, 0.2) is 24.3 Å². The minimum Gasteiger partial charge on any atom is -0.389 e. The van der Waals surface area contributed by atoms with Crippen LogP contribution in [0.2, 0.25) is 0 Å². The number of benzene rings is 1. The van der Waals surface area contributed by atoms with E-state index < -0.39 is 6.10 Å². The van der Waals surface area contributed by atoms with Crippen LogP contribution in [-0.2, 0) is 11.2 Å². The van der Waals surface area contributed by atoms with Crippen molar-refractivity contribution < 1.29 is 14.2 Å². The van der Waals surface area contributed by atoms with Gasteiger partial charge < -0.3 is 15.2 Å². The van der Waals surface area contributed by atoms with Crippen molar-refractivity contribution in [3.05, 3.63) is 35.6 Å². The monoisotopic (exact) mass is 255 g/mol. The van der Waals surface area contributed by atoms with Crippen LogP contribution < -0.4 is 5.32 Å². The first-order valence-electron chi connectivity index (χ1n) is 6.32. The third-order valence-electron chi connectivity index (χ3n) is 2.48. The fourth-order valence-electron chi connectivity index (χ4n) is 1.56. The first kappa shape index (κ1) is 15.1. The summed E-state index contributed by atoms with van der Waals surface area (Å²) in [4.78, 5) is 0. The van der Waals surface area contributed by atoms with Gasteiger partial charge in [-0.1, -0.05) is 12.1 Å². The molecule has 0 aliphatic carbocycles. The van der Waals surface area contributed by atoms with Crippen molar-refractivity contribution in [2.75, 3.05) is 19.7 Å². The van der Waals surface area contributed by atoms with Crippen LogP contribution in [0.25, 0.3) is 0 Å². The number of halogens is 1. The molecule has 1 atom stereocenters. The maximum Gasteiger partial charge on any atom is 0.123 e. The van der Waals surface area contributed by atoms with Gasteiger partial charge in [-0.15, -0.1) is 0 Å². The molecule has 0 saturated heterocycles. The Kier molecular flexibility index (Phi) is 6.86. The number of hydrogen-bond donors (Lipinski definition) is 2. The van der Waals surface area contributed by atoms with E-state index in [1.54, 1.807) is 6.07 Å². The van der Waals surface area contributed by atoms with Gasteiger partial charge in [0.25, 0.3) is 0 Å². The van der Waals surface area contributed by atoms with E-state index in [-0.39, 0.29) is 11.9 Å². The molecule has 0 bridgehead atoms. The lowest BCUT2D eigenvalue weighted by molar-refractivity contribution is 0.00652. The maximum atomic E-state index is 12.9. The number of aliphatic hydroxyl groups is 1. The Hall–Kier alpha value is -0.970. The molecule has 0 heterocycles. The van der Waals surface area contributed by atoms with Crippen LogP contribution in [0.4, 0.5) is 4.39 Å². The van der Waals surface area contributed by atoms with E-state index in [9.17, 15) is 9.50 Å². The highest BCUT2D eigenvalue weighted by molar-refractivity contribution is 5.16. The van der Waals surface area contributed by atoms with Crippen molar-refractivity contribution >= 4 is 0 Å². The van der Waals surface area contributed by atoms with E-state index in [0.29, 0.717) is 19.7 Å². The lowest BCUT2D eigenvalue weighted by Gasteiger charge is -2.14. The first-order chi connectivity index (χ1) is 8.58. The average molecular weight is 255 g/mol. The normalized spacial score (nSPS) is 12.9. The zero-order chi connectivity index (χ0) is 13.4. The number of nitrogens with one attached hydrogen (secondary N) is 1. The Morgan fingerprint density at radius 2 is 2.17 bits per heavy atom. The molecule has 0 saturated carbocycles. The van der Waals surface area contributed by atoms with Gasteiger partial charge in [-0.2, -0.15) is 0 Å². The summed E-state index contributed by atoms with van der Waals surface area (Å²) < 4.78 is 18.2. The van der Waals surface area contributed by atoms with E-state index in [2.05, 4.69) is 5.32 Å². The molecule has 0 spiro atoms. The minimum absolute atomic E-state index is 0.131. The van der Waals surface area contributed by atoms with Gasteiger partial charge >= 0.3 is 0 Å². The largest absolute Gasteiger partial charge is 0.389 e. The van der Waals surface area contributed by atoms with Gasteiger partial charge in [-0.3, -0.25) is 0 Å². The minimum atomic E-state index is -0.500. The summed E-state index contributed by atoms with van der Waals surface area (Å²) in [6.45, 7) is 5.41. The second kappa shape index (κ2) is 8.19. The van der Waals surface area contributed by atoms with Gasteiger partial charge in [0.05, 0.1) is 18.8 Å². The molecule has 4 heteroatoms. The summed E-state index contributed by atoms with van der Waals surface area (Å²) >= 11 is 0.